The molecular weight excluding hydrogens is 192 g/mol. The first-order valence-corrected chi connectivity index (χ1v) is 5.05. The van der Waals surface area contributed by atoms with Gasteiger partial charge in [0.15, 0.2) is 0 Å². The molecule has 1 fully saturated rings. The number of hydrogen-bond acceptors (Lipinski definition) is 3. The highest BCUT2D eigenvalue weighted by Gasteiger charge is 2.30. The van der Waals surface area contributed by atoms with Crippen molar-refractivity contribution in [2.45, 2.75) is 18.8 Å². The van der Waals surface area contributed by atoms with Gasteiger partial charge in [0.2, 0.25) is 0 Å². The zero-order valence-corrected chi connectivity index (χ0v) is 8.93. The van der Waals surface area contributed by atoms with E-state index in [4.69, 9.17) is 0 Å². The first kappa shape index (κ1) is 9.96. The fraction of sp³-hybridized carbons (Fsp3) is 0.455. The average molecular weight is 206 g/mol. The van der Waals surface area contributed by atoms with Crippen LogP contribution in [0.25, 0.3) is 0 Å². The zero-order chi connectivity index (χ0) is 11.0. The molecule has 1 aliphatic rings. The van der Waals surface area contributed by atoms with Gasteiger partial charge in [-0.15, -0.1) is 0 Å². The maximum absolute atomic E-state index is 10.8. The number of hydrogen-bond donors (Lipinski definition) is 0. The van der Waals surface area contributed by atoms with Gasteiger partial charge >= 0.3 is 0 Å². The molecule has 4 heteroatoms. The molecule has 0 N–H and O–H groups in total. The Bertz CT molecular complexity index is 398. The van der Waals surface area contributed by atoms with E-state index in [1.807, 2.05) is 25.1 Å². The second kappa shape index (κ2) is 3.53. The molecule has 0 heterocycles. The van der Waals surface area contributed by atoms with Crippen molar-refractivity contribution in [3.05, 3.63) is 33.9 Å². The fourth-order valence-corrected chi connectivity index (χ4v) is 1.71. The molecular formula is C11H14N2O2. The Morgan fingerprint density at radius 3 is 2.53 bits per heavy atom. The second-order valence-corrected chi connectivity index (χ2v) is 4.17. The van der Waals surface area contributed by atoms with Crippen LogP contribution in [0.1, 0.15) is 24.3 Å². The van der Waals surface area contributed by atoms with Gasteiger partial charge < -0.3 is 4.90 Å². The summed E-state index contributed by atoms with van der Waals surface area (Å²) in [6.07, 6.45) is 2.16. The molecule has 0 aromatic heterocycles. The number of nitrogens with zero attached hydrogens (tertiary/aromatic N) is 2. The van der Waals surface area contributed by atoms with E-state index in [1.54, 1.807) is 12.1 Å². The molecule has 4 nitrogen and oxygen atoms in total. The standard InChI is InChI=1S/C11H14N2O2/c1-12(2)9-5-6-11(13(14)15)10(7-9)8-3-4-8/h5-8H,3-4H2,1-2H3. The minimum Gasteiger partial charge on any atom is -0.378 e. The van der Waals surface area contributed by atoms with E-state index in [-0.39, 0.29) is 10.6 Å². The summed E-state index contributed by atoms with van der Waals surface area (Å²) in [6, 6.07) is 5.35. The first-order valence-electron chi connectivity index (χ1n) is 5.05. The lowest BCUT2D eigenvalue weighted by Gasteiger charge is -2.13. The van der Waals surface area contributed by atoms with Crippen LogP contribution in [-0.2, 0) is 0 Å². The molecule has 1 aliphatic carbocycles. The Hall–Kier alpha value is -1.58. The number of rotatable bonds is 3. The lowest BCUT2D eigenvalue weighted by atomic mass is 10.1. The number of nitro groups is 1. The Labute approximate surface area is 88.7 Å². The number of anilines is 1. The summed E-state index contributed by atoms with van der Waals surface area (Å²) in [6.45, 7) is 0. The Kier molecular flexibility index (Phi) is 2.34. The van der Waals surface area contributed by atoms with E-state index in [2.05, 4.69) is 0 Å². The van der Waals surface area contributed by atoms with Crippen molar-refractivity contribution in [2.24, 2.45) is 0 Å². The van der Waals surface area contributed by atoms with E-state index in [9.17, 15) is 10.1 Å². The van der Waals surface area contributed by atoms with Crippen LogP contribution >= 0.6 is 0 Å². The van der Waals surface area contributed by atoms with Gasteiger partial charge in [0.25, 0.3) is 5.69 Å². The summed E-state index contributed by atoms with van der Waals surface area (Å²) in [7, 11) is 3.88. The third-order valence-corrected chi connectivity index (χ3v) is 2.74. The predicted molar refractivity (Wildman–Crippen MR) is 59.4 cm³/mol. The summed E-state index contributed by atoms with van der Waals surface area (Å²) in [5, 5.41) is 10.8. The van der Waals surface area contributed by atoms with Crippen LogP contribution in [0.15, 0.2) is 18.2 Å². The highest BCUT2D eigenvalue weighted by Crippen LogP contribution is 2.45. The summed E-state index contributed by atoms with van der Waals surface area (Å²) in [5.41, 5.74) is 2.19. The van der Waals surface area contributed by atoms with Crippen LogP contribution < -0.4 is 4.90 Å². The van der Waals surface area contributed by atoms with Crippen molar-refractivity contribution < 1.29 is 4.92 Å². The van der Waals surface area contributed by atoms with Gasteiger partial charge in [-0.25, -0.2) is 0 Å². The summed E-state index contributed by atoms with van der Waals surface area (Å²) in [4.78, 5) is 12.5. The van der Waals surface area contributed by atoms with Crippen molar-refractivity contribution in [1.82, 2.24) is 0 Å². The summed E-state index contributed by atoms with van der Waals surface area (Å²) < 4.78 is 0. The molecule has 1 saturated carbocycles. The lowest BCUT2D eigenvalue weighted by molar-refractivity contribution is -0.385. The highest BCUT2D eigenvalue weighted by molar-refractivity contribution is 5.57. The highest BCUT2D eigenvalue weighted by atomic mass is 16.6. The van der Waals surface area contributed by atoms with E-state index < -0.39 is 0 Å². The Morgan fingerprint density at radius 2 is 2.07 bits per heavy atom. The number of nitro benzene ring substituents is 1. The molecule has 0 bridgehead atoms. The molecule has 0 amide bonds. The van der Waals surface area contributed by atoms with Gasteiger partial charge in [-0.3, -0.25) is 10.1 Å². The maximum Gasteiger partial charge on any atom is 0.273 e. The second-order valence-electron chi connectivity index (χ2n) is 4.17. The van der Waals surface area contributed by atoms with Crippen LogP contribution in [-0.4, -0.2) is 19.0 Å². The van der Waals surface area contributed by atoms with Gasteiger partial charge in [-0.2, -0.15) is 0 Å². The minimum absolute atomic E-state index is 0.267. The van der Waals surface area contributed by atoms with Gasteiger partial charge in [0, 0.05) is 31.4 Å². The predicted octanol–water partition coefficient (Wildman–Crippen LogP) is 2.54. The molecule has 2 rings (SSSR count). The number of benzene rings is 1. The van der Waals surface area contributed by atoms with Crippen molar-refractivity contribution in [3.8, 4) is 0 Å². The lowest BCUT2D eigenvalue weighted by Crippen LogP contribution is -2.09. The fourth-order valence-electron chi connectivity index (χ4n) is 1.71. The van der Waals surface area contributed by atoms with Crippen LogP contribution in [0, 0.1) is 10.1 Å². The molecule has 0 spiro atoms. The Morgan fingerprint density at radius 1 is 1.40 bits per heavy atom. The van der Waals surface area contributed by atoms with Crippen molar-refractivity contribution >= 4 is 11.4 Å². The van der Waals surface area contributed by atoms with Gasteiger partial charge in [0.1, 0.15) is 0 Å². The normalized spacial score (nSPS) is 15.1. The molecule has 0 saturated heterocycles. The molecule has 0 radical (unpaired) electrons. The molecule has 0 atom stereocenters. The van der Waals surface area contributed by atoms with E-state index in [0.29, 0.717) is 5.92 Å². The third-order valence-electron chi connectivity index (χ3n) is 2.74. The smallest absolute Gasteiger partial charge is 0.273 e. The largest absolute Gasteiger partial charge is 0.378 e. The van der Waals surface area contributed by atoms with Crippen LogP contribution in [0.5, 0.6) is 0 Å². The SMILES string of the molecule is CN(C)c1ccc([N+](=O)[O-])c(C2CC2)c1. The maximum atomic E-state index is 10.8. The van der Waals surface area contributed by atoms with Crippen LogP contribution in [0.4, 0.5) is 11.4 Å². The van der Waals surface area contributed by atoms with Gasteiger partial charge in [-0.1, -0.05) is 0 Å². The van der Waals surface area contributed by atoms with Gasteiger partial charge in [0.05, 0.1) is 4.92 Å². The van der Waals surface area contributed by atoms with E-state index in [0.717, 1.165) is 24.1 Å². The van der Waals surface area contributed by atoms with E-state index in [1.165, 1.54) is 0 Å². The zero-order valence-electron chi connectivity index (χ0n) is 8.93. The Balaban J connectivity index is 2.44. The van der Waals surface area contributed by atoms with Gasteiger partial charge in [-0.05, 0) is 30.9 Å². The van der Waals surface area contributed by atoms with Crippen molar-refractivity contribution in [3.63, 3.8) is 0 Å². The van der Waals surface area contributed by atoms with Crippen LogP contribution in [0.3, 0.4) is 0 Å². The monoisotopic (exact) mass is 206 g/mol. The van der Waals surface area contributed by atoms with E-state index >= 15 is 0 Å². The summed E-state index contributed by atoms with van der Waals surface area (Å²) >= 11 is 0. The molecule has 0 aliphatic heterocycles. The molecule has 1 aromatic carbocycles. The molecule has 0 unspecified atom stereocenters. The molecule has 15 heavy (non-hydrogen) atoms. The topological polar surface area (TPSA) is 46.4 Å². The molecule has 80 valence electrons. The minimum atomic E-state index is -0.285. The van der Waals surface area contributed by atoms with Crippen LogP contribution in [0.2, 0.25) is 0 Å². The van der Waals surface area contributed by atoms with Crippen molar-refractivity contribution in [1.29, 1.82) is 0 Å². The quantitative estimate of drug-likeness (QED) is 0.564. The average Bonchev–Trinajstić information content (AvgIpc) is 2.99. The van der Waals surface area contributed by atoms with Crippen molar-refractivity contribution in [2.75, 3.05) is 19.0 Å². The third kappa shape index (κ3) is 1.93. The molecule has 1 aromatic rings. The summed E-state index contributed by atoms with van der Waals surface area (Å²) in [5.74, 6) is 0.408. The first-order chi connectivity index (χ1) is 7.09.